The lowest BCUT2D eigenvalue weighted by atomic mass is 11.8. The van der Waals surface area contributed by atoms with E-state index >= 15 is 0 Å². The van der Waals surface area contributed by atoms with E-state index in [1.54, 1.807) is 0 Å². The van der Waals surface area contributed by atoms with Crippen LogP contribution >= 0.6 is 8.44 Å². The van der Waals surface area contributed by atoms with Gasteiger partial charge >= 0.3 is 0 Å². The molecule has 38 valence electrons. The topological polar surface area (TPSA) is 43.4 Å². The Balaban J connectivity index is 3.85. The van der Waals surface area contributed by atoms with Crippen LogP contribution < -0.4 is 0 Å². The van der Waals surface area contributed by atoms with Crippen LogP contribution in [0.3, 0.4) is 0 Å². The van der Waals surface area contributed by atoms with Gasteiger partial charge in [0.15, 0.2) is 0 Å². The van der Waals surface area contributed by atoms with Crippen LogP contribution in [0.2, 0.25) is 0 Å². The van der Waals surface area contributed by atoms with Gasteiger partial charge in [-0.2, -0.15) is 0 Å². The minimum Gasteiger partial charge on any atom is -1.30 e. The normalized spacial score (nSPS) is 11.7. The Kier molecular flexibility index (Phi) is 1.97. The zero-order valence-electron chi connectivity index (χ0n) is 3.08. The maximum atomic E-state index is 9.64. The summed E-state index contributed by atoms with van der Waals surface area (Å²) in [6.45, 7) is 0. The highest BCUT2D eigenvalue weighted by molar-refractivity contribution is 8.34. The smallest absolute Gasteiger partial charge is 0.0502 e. The summed E-state index contributed by atoms with van der Waals surface area (Å²) in [4.78, 5) is 0. The summed E-state index contributed by atoms with van der Waals surface area (Å²) in [5.41, 5.74) is 0. The first kappa shape index (κ1) is 6.34. The minimum atomic E-state index is -3.47. The molecular weight excluding hydrogens is 123 g/mol. The van der Waals surface area contributed by atoms with Crippen LogP contribution in [-0.2, 0) is 13.9 Å². The van der Waals surface area contributed by atoms with Crippen molar-refractivity contribution in [2.45, 2.75) is 0 Å². The van der Waals surface area contributed by atoms with Gasteiger partial charge in [-0.3, -0.25) is 8.42 Å². The molecule has 0 unspecified atom stereocenters. The zero-order valence-corrected chi connectivity index (χ0v) is 4.79. The molecule has 0 aromatic carbocycles. The highest BCUT2D eigenvalue weighted by atomic mass is 32.7. The van der Waals surface area contributed by atoms with Crippen molar-refractivity contribution in [2.75, 3.05) is 7.11 Å². The zero-order chi connectivity index (χ0) is 5.21. The molecule has 0 aliphatic carbocycles. The molecule has 0 bridgehead atoms. The summed E-state index contributed by atoms with van der Waals surface area (Å²) < 4.78 is 23.1. The third kappa shape index (κ3) is 4.34. The van der Waals surface area contributed by atoms with Crippen LogP contribution in [0.25, 0.3) is 0 Å². The van der Waals surface area contributed by atoms with Gasteiger partial charge in [-0.25, -0.2) is 0 Å². The molecule has 6 heavy (non-hydrogen) atoms. The Hall–Kier alpha value is 0.340. The average molecular weight is 126 g/mol. The molecule has 0 saturated heterocycles. The second-order valence-electron chi connectivity index (χ2n) is 0.594. The lowest BCUT2D eigenvalue weighted by Crippen LogP contribution is -1.86. The Bertz CT molecular complexity index is 113. The maximum Gasteiger partial charge on any atom is 0.0502 e. The Morgan fingerprint density at radius 2 is 1.83 bits per heavy atom. The van der Waals surface area contributed by atoms with Crippen molar-refractivity contribution in [3.8, 4) is 0 Å². The molecule has 0 atom stereocenters. The van der Waals surface area contributed by atoms with E-state index in [1.165, 1.54) is 0 Å². The second-order valence-corrected chi connectivity index (χ2v) is 3.12. The van der Waals surface area contributed by atoms with Crippen LogP contribution in [0.1, 0.15) is 0 Å². The van der Waals surface area contributed by atoms with Gasteiger partial charge in [0.25, 0.3) is 0 Å². The molecule has 0 aromatic heterocycles. The minimum absolute atomic E-state index is 1.04. The van der Waals surface area contributed by atoms with E-state index in [0.29, 0.717) is 0 Å². The standard InChI is InChI=1S/CH3O3PS/c1-4-6(2,3)5/h1H3/q-2. The molecule has 0 aliphatic heterocycles. The van der Waals surface area contributed by atoms with E-state index in [-0.39, 0.29) is 0 Å². The first-order valence-corrected chi connectivity index (χ1v) is 3.55. The van der Waals surface area contributed by atoms with E-state index in [2.05, 4.69) is 12.6 Å². The largest absolute Gasteiger partial charge is 1.30 e. The van der Waals surface area contributed by atoms with E-state index < -0.39 is 9.74 Å². The van der Waals surface area contributed by atoms with Crippen molar-refractivity contribution in [1.82, 2.24) is 0 Å². The molecule has 0 rings (SSSR count). The molecule has 0 amide bonds. The van der Waals surface area contributed by atoms with E-state index in [4.69, 9.17) is 0 Å². The second kappa shape index (κ2) is 1.87. The van der Waals surface area contributed by atoms with Crippen molar-refractivity contribution < 1.29 is 12.6 Å². The SMILES string of the molecule is COS(=O)(=O)[P-2]. The van der Waals surface area contributed by atoms with Crippen molar-refractivity contribution >= 4 is 18.2 Å². The maximum absolute atomic E-state index is 9.64. The first-order chi connectivity index (χ1) is 2.56. The fraction of sp³-hybridized carbons (Fsp3) is 1.00. The van der Waals surface area contributed by atoms with Crippen LogP contribution in [-0.4, -0.2) is 15.5 Å². The molecule has 0 heterocycles. The molecule has 0 aromatic rings. The van der Waals surface area contributed by atoms with Gasteiger partial charge in [-0.05, 0) is 0 Å². The first-order valence-electron chi connectivity index (χ1n) is 1.09. The average Bonchev–Trinajstić information content (AvgIpc) is 1.35. The number of rotatable bonds is 1. The van der Waals surface area contributed by atoms with Gasteiger partial charge in [0.2, 0.25) is 0 Å². The lowest BCUT2D eigenvalue weighted by Gasteiger charge is -2.26. The van der Waals surface area contributed by atoms with Gasteiger partial charge < -0.3 is 12.6 Å². The van der Waals surface area contributed by atoms with Gasteiger partial charge in [-0.1, -0.05) is 9.74 Å². The van der Waals surface area contributed by atoms with Gasteiger partial charge in [0, 0.05) is 0 Å². The summed E-state index contributed by atoms with van der Waals surface area (Å²) in [7, 11) is 0.581. The Morgan fingerprint density at radius 1 is 1.67 bits per heavy atom. The molecule has 3 nitrogen and oxygen atoms in total. The highest BCUT2D eigenvalue weighted by Crippen LogP contribution is 1.97. The van der Waals surface area contributed by atoms with Crippen molar-refractivity contribution in [2.24, 2.45) is 0 Å². The molecule has 0 N–H and O–H groups in total. The Morgan fingerprint density at radius 3 is 1.83 bits per heavy atom. The van der Waals surface area contributed by atoms with E-state index in [1.807, 2.05) is 0 Å². The quantitative estimate of drug-likeness (QED) is 0.474. The molecule has 5 heteroatoms. The monoisotopic (exact) mass is 126 g/mol. The molecule has 0 aliphatic rings. The third-order valence-electron chi connectivity index (χ3n) is 0.211. The van der Waals surface area contributed by atoms with Gasteiger partial charge in [0.05, 0.1) is 7.11 Å². The number of hydrogen-bond donors (Lipinski definition) is 0. The fourth-order valence-electron chi connectivity index (χ4n) is 0. The van der Waals surface area contributed by atoms with Crippen LogP contribution in [0.4, 0.5) is 0 Å². The van der Waals surface area contributed by atoms with Crippen LogP contribution in [0.5, 0.6) is 0 Å². The molecule has 0 saturated carbocycles. The molecule has 0 radical (unpaired) electrons. The highest BCUT2D eigenvalue weighted by Gasteiger charge is 1.60. The van der Waals surface area contributed by atoms with Gasteiger partial charge in [-0.15, -0.1) is 0 Å². The fourth-order valence-corrected chi connectivity index (χ4v) is 0. The summed E-state index contributed by atoms with van der Waals surface area (Å²) in [6.07, 6.45) is 0. The van der Waals surface area contributed by atoms with Crippen LogP contribution in [0, 0.1) is 0 Å². The predicted octanol–water partition coefficient (Wildman–Crippen LogP) is 0.288. The third-order valence-corrected chi connectivity index (χ3v) is 1.08. The molecule has 0 spiro atoms. The summed E-state index contributed by atoms with van der Waals surface area (Å²) >= 11 is 0. The summed E-state index contributed by atoms with van der Waals surface area (Å²) in [5.74, 6) is 0. The summed E-state index contributed by atoms with van der Waals surface area (Å²) in [6, 6.07) is 0. The number of hydrogen-bond acceptors (Lipinski definition) is 3. The predicted molar refractivity (Wildman–Crippen MR) is 22.8 cm³/mol. The van der Waals surface area contributed by atoms with Crippen molar-refractivity contribution in [1.29, 1.82) is 0 Å². The van der Waals surface area contributed by atoms with Gasteiger partial charge in [0.1, 0.15) is 0 Å². The van der Waals surface area contributed by atoms with Crippen molar-refractivity contribution in [3.05, 3.63) is 0 Å². The van der Waals surface area contributed by atoms with E-state index in [9.17, 15) is 8.42 Å². The lowest BCUT2D eigenvalue weighted by molar-refractivity contribution is 0.413. The van der Waals surface area contributed by atoms with Crippen LogP contribution in [0.15, 0.2) is 0 Å². The van der Waals surface area contributed by atoms with E-state index in [0.717, 1.165) is 7.11 Å². The van der Waals surface area contributed by atoms with Crippen molar-refractivity contribution in [3.63, 3.8) is 0 Å². The molecule has 0 fully saturated rings. The summed E-state index contributed by atoms with van der Waals surface area (Å²) in [5, 5.41) is 0. The molecular formula is CH3O3PS-2. The Labute approximate surface area is 38.8 Å².